The van der Waals surface area contributed by atoms with Crippen molar-refractivity contribution in [2.45, 2.75) is 26.8 Å². The van der Waals surface area contributed by atoms with Crippen molar-refractivity contribution in [1.29, 1.82) is 0 Å². The molecule has 4 nitrogen and oxygen atoms in total. The number of aliphatic carboxylic acids is 1. The SMILES string of the molecule is CC(C)(CNCc1cccnc1)CC(=O)O. The maximum absolute atomic E-state index is 10.6. The minimum absolute atomic E-state index is 0.174. The van der Waals surface area contributed by atoms with Crippen LogP contribution in [0.2, 0.25) is 0 Å². The number of rotatable bonds is 6. The van der Waals surface area contributed by atoms with Gasteiger partial charge in [-0.15, -0.1) is 0 Å². The number of hydrogen-bond donors (Lipinski definition) is 2. The van der Waals surface area contributed by atoms with Crippen LogP contribution in [-0.2, 0) is 11.3 Å². The Balaban J connectivity index is 2.32. The molecule has 0 aliphatic carbocycles. The fraction of sp³-hybridized carbons (Fsp3) is 0.500. The summed E-state index contributed by atoms with van der Waals surface area (Å²) in [7, 11) is 0. The molecule has 0 fully saturated rings. The summed E-state index contributed by atoms with van der Waals surface area (Å²) in [5.74, 6) is -0.756. The maximum atomic E-state index is 10.6. The molecule has 0 saturated heterocycles. The van der Waals surface area contributed by atoms with E-state index in [0.717, 1.165) is 12.1 Å². The highest BCUT2D eigenvalue weighted by atomic mass is 16.4. The molecule has 0 saturated carbocycles. The molecule has 0 aliphatic heterocycles. The predicted molar refractivity (Wildman–Crippen MR) is 62.0 cm³/mol. The van der Waals surface area contributed by atoms with E-state index in [2.05, 4.69) is 10.3 Å². The van der Waals surface area contributed by atoms with Crippen molar-refractivity contribution < 1.29 is 9.90 Å². The van der Waals surface area contributed by atoms with Crippen LogP contribution in [0.25, 0.3) is 0 Å². The standard InChI is InChI=1S/C12H18N2O2/c1-12(2,6-11(15)16)9-14-8-10-4-3-5-13-7-10/h3-5,7,14H,6,8-9H2,1-2H3,(H,15,16). The normalized spacial score (nSPS) is 11.4. The van der Waals surface area contributed by atoms with Crippen molar-refractivity contribution in [1.82, 2.24) is 10.3 Å². The molecule has 88 valence electrons. The number of pyridine rings is 1. The molecule has 0 spiro atoms. The third-order valence-electron chi connectivity index (χ3n) is 2.29. The zero-order chi connectivity index (χ0) is 12.0. The Labute approximate surface area is 95.7 Å². The minimum atomic E-state index is -0.756. The van der Waals surface area contributed by atoms with Gasteiger partial charge in [-0.1, -0.05) is 19.9 Å². The van der Waals surface area contributed by atoms with Crippen molar-refractivity contribution in [2.24, 2.45) is 5.41 Å². The van der Waals surface area contributed by atoms with Gasteiger partial charge in [0.15, 0.2) is 0 Å². The van der Waals surface area contributed by atoms with Gasteiger partial charge >= 0.3 is 5.97 Å². The van der Waals surface area contributed by atoms with E-state index < -0.39 is 5.97 Å². The smallest absolute Gasteiger partial charge is 0.303 e. The van der Waals surface area contributed by atoms with Crippen molar-refractivity contribution in [3.63, 3.8) is 0 Å². The summed E-state index contributed by atoms with van der Waals surface area (Å²) < 4.78 is 0. The topological polar surface area (TPSA) is 62.2 Å². The molecule has 0 radical (unpaired) electrons. The van der Waals surface area contributed by atoms with Crippen molar-refractivity contribution in [3.8, 4) is 0 Å². The summed E-state index contributed by atoms with van der Waals surface area (Å²) in [6.07, 6.45) is 3.71. The molecule has 4 heteroatoms. The first-order valence-corrected chi connectivity index (χ1v) is 5.31. The Morgan fingerprint density at radius 1 is 1.56 bits per heavy atom. The predicted octanol–water partition coefficient (Wildman–Crippen LogP) is 1.67. The molecule has 1 heterocycles. The zero-order valence-electron chi connectivity index (χ0n) is 9.73. The van der Waals surface area contributed by atoms with Crippen LogP contribution in [0.15, 0.2) is 24.5 Å². The Morgan fingerprint density at radius 2 is 2.31 bits per heavy atom. The van der Waals surface area contributed by atoms with Crippen LogP contribution in [0.5, 0.6) is 0 Å². The lowest BCUT2D eigenvalue weighted by Crippen LogP contribution is -2.31. The molecule has 0 aliphatic rings. The molecular formula is C12H18N2O2. The van der Waals surface area contributed by atoms with Gasteiger partial charge in [0.2, 0.25) is 0 Å². The zero-order valence-corrected chi connectivity index (χ0v) is 9.73. The van der Waals surface area contributed by atoms with E-state index >= 15 is 0 Å². The summed E-state index contributed by atoms with van der Waals surface area (Å²) in [5, 5.41) is 12.0. The second kappa shape index (κ2) is 5.61. The molecular weight excluding hydrogens is 204 g/mol. The van der Waals surface area contributed by atoms with Crippen LogP contribution in [0.1, 0.15) is 25.8 Å². The lowest BCUT2D eigenvalue weighted by molar-refractivity contribution is -0.139. The highest BCUT2D eigenvalue weighted by Gasteiger charge is 2.20. The average Bonchev–Trinajstić information content (AvgIpc) is 2.16. The van der Waals surface area contributed by atoms with Gasteiger partial charge in [0.25, 0.3) is 0 Å². The number of carbonyl (C=O) groups is 1. The molecule has 0 atom stereocenters. The molecule has 1 aromatic rings. The van der Waals surface area contributed by atoms with E-state index in [1.807, 2.05) is 26.0 Å². The molecule has 0 unspecified atom stereocenters. The molecule has 1 aromatic heterocycles. The van der Waals surface area contributed by atoms with Crippen molar-refractivity contribution >= 4 is 5.97 Å². The van der Waals surface area contributed by atoms with Crippen molar-refractivity contribution in [3.05, 3.63) is 30.1 Å². The third-order valence-corrected chi connectivity index (χ3v) is 2.29. The number of hydrogen-bond acceptors (Lipinski definition) is 3. The highest BCUT2D eigenvalue weighted by Crippen LogP contribution is 2.18. The van der Waals surface area contributed by atoms with Crippen LogP contribution in [-0.4, -0.2) is 22.6 Å². The van der Waals surface area contributed by atoms with Gasteiger partial charge < -0.3 is 10.4 Å². The lowest BCUT2D eigenvalue weighted by atomic mass is 9.89. The number of carboxylic acids is 1. The summed E-state index contributed by atoms with van der Waals surface area (Å²) >= 11 is 0. The van der Waals surface area contributed by atoms with Crippen LogP contribution in [0, 0.1) is 5.41 Å². The molecule has 1 rings (SSSR count). The van der Waals surface area contributed by atoms with Crippen LogP contribution >= 0.6 is 0 Å². The summed E-state index contributed by atoms with van der Waals surface area (Å²) in [6, 6.07) is 3.88. The number of carboxylic acid groups (broad SMARTS) is 1. The quantitative estimate of drug-likeness (QED) is 0.768. The first-order valence-electron chi connectivity index (χ1n) is 5.31. The Kier molecular flexibility index (Phi) is 4.43. The van der Waals surface area contributed by atoms with Gasteiger partial charge in [-0.2, -0.15) is 0 Å². The fourth-order valence-electron chi connectivity index (χ4n) is 1.52. The number of nitrogens with zero attached hydrogens (tertiary/aromatic N) is 1. The van der Waals surface area contributed by atoms with E-state index in [1.54, 1.807) is 12.4 Å². The molecule has 16 heavy (non-hydrogen) atoms. The fourth-order valence-corrected chi connectivity index (χ4v) is 1.52. The Bertz CT molecular complexity index is 336. The second-order valence-electron chi connectivity index (χ2n) is 4.70. The monoisotopic (exact) mass is 222 g/mol. The maximum Gasteiger partial charge on any atom is 0.303 e. The van der Waals surface area contributed by atoms with Gasteiger partial charge in [-0.3, -0.25) is 9.78 Å². The second-order valence-corrected chi connectivity index (χ2v) is 4.70. The number of aromatic nitrogens is 1. The van der Waals surface area contributed by atoms with Gasteiger partial charge in [0.05, 0.1) is 6.42 Å². The first kappa shape index (κ1) is 12.6. The first-order chi connectivity index (χ1) is 7.49. The average molecular weight is 222 g/mol. The van der Waals surface area contributed by atoms with E-state index in [-0.39, 0.29) is 11.8 Å². The summed E-state index contributed by atoms with van der Waals surface area (Å²) in [6.45, 7) is 5.28. The largest absolute Gasteiger partial charge is 0.481 e. The molecule has 0 bridgehead atoms. The van der Waals surface area contributed by atoms with Crippen LogP contribution in [0.3, 0.4) is 0 Å². The summed E-state index contributed by atoms with van der Waals surface area (Å²) in [5.41, 5.74) is 0.877. The van der Waals surface area contributed by atoms with E-state index in [9.17, 15) is 4.79 Å². The van der Waals surface area contributed by atoms with Crippen LogP contribution in [0.4, 0.5) is 0 Å². The highest BCUT2D eigenvalue weighted by molar-refractivity contribution is 5.67. The van der Waals surface area contributed by atoms with Crippen LogP contribution < -0.4 is 5.32 Å². The number of nitrogens with one attached hydrogen (secondary N) is 1. The van der Waals surface area contributed by atoms with E-state index in [1.165, 1.54) is 0 Å². The molecule has 0 amide bonds. The summed E-state index contributed by atoms with van der Waals surface area (Å²) in [4.78, 5) is 14.6. The van der Waals surface area contributed by atoms with Gasteiger partial charge in [0.1, 0.15) is 0 Å². The lowest BCUT2D eigenvalue weighted by Gasteiger charge is -2.22. The Hall–Kier alpha value is -1.42. The van der Waals surface area contributed by atoms with E-state index in [4.69, 9.17) is 5.11 Å². The van der Waals surface area contributed by atoms with Gasteiger partial charge in [-0.25, -0.2) is 0 Å². The molecule has 0 aromatic carbocycles. The van der Waals surface area contributed by atoms with Crippen molar-refractivity contribution in [2.75, 3.05) is 6.54 Å². The van der Waals surface area contributed by atoms with Gasteiger partial charge in [-0.05, 0) is 17.0 Å². The third kappa shape index (κ3) is 4.89. The molecule has 2 N–H and O–H groups in total. The Morgan fingerprint density at radius 3 is 2.88 bits per heavy atom. The minimum Gasteiger partial charge on any atom is -0.481 e. The van der Waals surface area contributed by atoms with E-state index in [0.29, 0.717) is 6.54 Å². The van der Waals surface area contributed by atoms with Gasteiger partial charge in [0, 0.05) is 25.5 Å².